The number of carbonyl (C=O) groups is 1. The first-order valence-corrected chi connectivity index (χ1v) is 5.01. The summed E-state index contributed by atoms with van der Waals surface area (Å²) in [5.74, 6) is 0.885. The summed E-state index contributed by atoms with van der Waals surface area (Å²) < 4.78 is 0. The van der Waals surface area contributed by atoms with Crippen molar-refractivity contribution in [2.75, 3.05) is 11.5 Å². The minimum absolute atomic E-state index is 0.539. The van der Waals surface area contributed by atoms with Crippen molar-refractivity contribution in [3.8, 4) is 0 Å². The summed E-state index contributed by atoms with van der Waals surface area (Å²) in [5, 5.41) is 8.43. The summed E-state index contributed by atoms with van der Waals surface area (Å²) in [6.07, 6.45) is 3.36. The first-order chi connectivity index (χ1) is 5.68. The fraction of sp³-hybridized carbons (Fsp3) is 0.625. The first kappa shape index (κ1) is 11.5. The van der Waals surface area contributed by atoms with Crippen molar-refractivity contribution >= 4 is 17.7 Å². The van der Waals surface area contributed by atoms with Crippen LogP contribution in [0.2, 0.25) is 0 Å². The van der Waals surface area contributed by atoms with Crippen LogP contribution in [0.15, 0.2) is 12.7 Å². The molecule has 0 aliphatic heterocycles. The van der Waals surface area contributed by atoms with Crippen LogP contribution in [0.25, 0.3) is 0 Å². The van der Waals surface area contributed by atoms with Gasteiger partial charge in [0, 0.05) is 0 Å². The number of carboxylic acid groups (broad SMARTS) is 1. The zero-order valence-electron chi connectivity index (χ0n) is 7.03. The predicted octanol–water partition coefficient (Wildman–Crippen LogP) is 1.10. The highest BCUT2D eigenvalue weighted by Crippen LogP contribution is 2.05. The summed E-state index contributed by atoms with van der Waals surface area (Å²) in [6.45, 7) is 3.59. The maximum atomic E-state index is 10.3. The lowest BCUT2D eigenvalue weighted by molar-refractivity contribution is -0.138. The molecular formula is C8H15NO2S. The van der Waals surface area contributed by atoms with Crippen LogP contribution < -0.4 is 5.73 Å². The van der Waals surface area contributed by atoms with Gasteiger partial charge in [-0.25, -0.2) is 0 Å². The second kappa shape index (κ2) is 7.18. The molecule has 70 valence electrons. The van der Waals surface area contributed by atoms with Gasteiger partial charge in [0.1, 0.15) is 6.04 Å². The van der Waals surface area contributed by atoms with E-state index in [9.17, 15) is 4.79 Å². The Kier molecular flexibility index (Phi) is 6.90. The quantitative estimate of drug-likeness (QED) is 0.465. The standard InChI is InChI=1S/C8H15NO2S/c1-2-3-5-12-6-4-7(9)8(10)11/h2,7H,1,3-6,9H2,(H,10,11). The van der Waals surface area contributed by atoms with Crippen LogP contribution in [0.5, 0.6) is 0 Å². The molecule has 0 fully saturated rings. The fourth-order valence-corrected chi connectivity index (χ4v) is 1.56. The third kappa shape index (κ3) is 6.24. The van der Waals surface area contributed by atoms with E-state index in [1.165, 1.54) is 0 Å². The summed E-state index contributed by atoms with van der Waals surface area (Å²) in [7, 11) is 0. The van der Waals surface area contributed by atoms with E-state index in [0.29, 0.717) is 6.42 Å². The van der Waals surface area contributed by atoms with E-state index in [0.717, 1.165) is 17.9 Å². The Balaban J connectivity index is 3.19. The van der Waals surface area contributed by atoms with Crippen LogP contribution in [0, 0.1) is 0 Å². The highest BCUT2D eigenvalue weighted by atomic mass is 32.2. The van der Waals surface area contributed by atoms with E-state index in [2.05, 4.69) is 6.58 Å². The van der Waals surface area contributed by atoms with Gasteiger partial charge in [-0.3, -0.25) is 4.79 Å². The highest BCUT2D eigenvalue weighted by molar-refractivity contribution is 7.99. The molecule has 0 aromatic rings. The van der Waals surface area contributed by atoms with Gasteiger partial charge in [0.15, 0.2) is 0 Å². The fourth-order valence-electron chi connectivity index (χ4n) is 0.603. The van der Waals surface area contributed by atoms with E-state index in [4.69, 9.17) is 10.8 Å². The lowest BCUT2D eigenvalue weighted by Crippen LogP contribution is -2.30. The molecular weight excluding hydrogens is 174 g/mol. The molecule has 0 aliphatic carbocycles. The Morgan fingerprint density at radius 2 is 2.33 bits per heavy atom. The number of nitrogens with two attached hydrogens (primary N) is 1. The van der Waals surface area contributed by atoms with Gasteiger partial charge in [-0.05, 0) is 24.3 Å². The van der Waals surface area contributed by atoms with Gasteiger partial charge in [-0.15, -0.1) is 6.58 Å². The van der Waals surface area contributed by atoms with Gasteiger partial charge >= 0.3 is 5.97 Å². The number of allylic oxidation sites excluding steroid dienone is 1. The van der Waals surface area contributed by atoms with Crippen LogP contribution in [0.4, 0.5) is 0 Å². The molecule has 0 spiro atoms. The van der Waals surface area contributed by atoms with Crippen molar-refractivity contribution in [3.63, 3.8) is 0 Å². The monoisotopic (exact) mass is 189 g/mol. The van der Waals surface area contributed by atoms with Crippen LogP contribution in [0.3, 0.4) is 0 Å². The molecule has 0 saturated carbocycles. The second-order valence-electron chi connectivity index (χ2n) is 2.42. The average molecular weight is 189 g/mol. The number of aliphatic carboxylic acids is 1. The van der Waals surface area contributed by atoms with Crippen LogP contribution in [-0.2, 0) is 4.79 Å². The van der Waals surface area contributed by atoms with Gasteiger partial charge in [-0.1, -0.05) is 6.08 Å². The average Bonchev–Trinajstić information content (AvgIpc) is 2.03. The molecule has 0 saturated heterocycles. The maximum Gasteiger partial charge on any atom is 0.320 e. The van der Waals surface area contributed by atoms with Gasteiger partial charge in [0.2, 0.25) is 0 Å². The highest BCUT2D eigenvalue weighted by Gasteiger charge is 2.09. The molecule has 0 aliphatic rings. The topological polar surface area (TPSA) is 63.3 Å². The lowest BCUT2D eigenvalue weighted by Gasteiger charge is -2.04. The molecule has 3 nitrogen and oxygen atoms in total. The largest absolute Gasteiger partial charge is 0.480 e. The van der Waals surface area contributed by atoms with Gasteiger partial charge in [0.25, 0.3) is 0 Å². The summed E-state index contributed by atoms with van der Waals surface area (Å²) in [5.41, 5.74) is 5.30. The summed E-state index contributed by atoms with van der Waals surface area (Å²) in [4.78, 5) is 10.3. The minimum atomic E-state index is -0.917. The Morgan fingerprint density at radius 3 is 2.83 bits per heavy atom. The van der Waals surface area contributed by atoms with E-state index < -0.39 is 12.0 Å². The van der Waals surface area contributed by atoms with Gasteiger partial charge < -0.3 is 10.8 Å². The number of thioether (sulfide) groups is 1. The van der Waals surface area contributed by atoms with Crippen molar-refractivity contribution < 1.29 is 9.90 Å². The molecule has 0 rings (SSSR count). The molecule has 0 heterocycles. The second-order valence-corrected chi connectivity index (χ2v) is 3.65. The first-order valence-electron chi connectivity index (χ1n) is 3.85. The third-order valence-corrected chi connectivity index (χ3v) is 2.41. The third-order valence-electron chi connectivity index (χ3n) is 1.36. The molecule has 0 aromatic carbocycles. The van der Waals surface area contributed by atoms with Crippen molar-refractivity contribution in [2.24, 2.45) is 5.73 Å². The smallest absolute Gasteiger partial charge is 0.320 e. The Morgan fingerprint density at radius 1 is 1.67 bits per heavy atom. The SMILES string of the molecule is C=CCCSCCC(N)C(=O)O. The number of hydrogen-bond acceptors (Lipinski definition) is 3. The van der Waals surface area contributed by atoms with Crippen molar-refractivity contribution in [1.29, 1.82) is 0 Å². The molecule has 3 N–H and O–H groups in total. The maximum absolute atomic E-state index is 10.3. The number of hydrogen-bond donors (Lipinski definition) is 2. The van der Waals surface area contributed by atoms with E-state index in [-0.39, 0.29) is 0 Å². The van der Waals surface area contributed by atoms with Crippen molar-refractivity contribution in [3.05, 3.63) is 12.7 Å². The Bertz CT molecular complexity index is 150. The molecule has 0 aromatic heterocycles. The molecule has 1 atom stereocenters. The van der Waals surface area contributed by atoms with Crippen LogP contribution >= 0.6 is 11.8 Å². The number of rotatable bonds is 7. The Hall–Kier alpha value is -0.480. The van der Waals surface area contributed by atoms with Crippen LogP contribution in [0.1, 0.15) is 12.8 Å². The van der Waals surface area contributed by atoms with E-state index >= 15 is 0 Å². The molecule has 0 amide bonds. The normalized spacial score (nSPS) is 12.4. The minimum Gasteiger partial charge on any atom is -0.480 e. The molecule has 0 bridgehead atoms. The van der Waals surface area contributed by atoms with Gasteiger partial charge in [0.05, 0.1) is 0 Å². The Labute approximate surface area is 77.0 Å². The molecule has 1 unspecified atom stereocenters. The molecule has 0 radical (unpaired) electrons. The van der Waals surface area contributed by atoms with Gasteiger partial charge in [-0.2, -0.15) is 11.8 Å². The zero-order valence-corrected chi connectivity index (χ0v) is 7.85. The lowest BCUT2D eigenvalue weighted by atomic mass is 10.2. The van der Waals surface area contributed by atoms with E-state index in [1.807, 2.05) is 6.08 Å². The van der Waals surface area contributed by atoms with Crippen molar-refractivity contribution in [2.45, 2.75) is 18.9 Å². The van der Waals surface area contributed by atoms with Crippen molar-refractivity contribution in [1.82, 2.24) is 0 Å². The zero-order chi connectivity index (χ0) is 9.40. The van der Waals surface area contributed by atoms with Crippen LogP contribution in [-0.4, -0.2) is 28.6 Å². The molecule has 4 heteroatoms. The predicted molar refractivity (Wildman–Crippen MR) is 52.4 cm³/mol. The van der Waals surface area contributed by atoms with E-state index in [1.54, 1.807) is 11.8 Å². The number of carboxylic acids is 1. The molecule has 12 heavy (non-hydrogen) atoms. The summed E-state index contributed by atoms with van der Waals surface area (Å²) in [6, 6.07) is -0.707. The summed E-state index contributed by atoms with van der Waals surface area (Å²) >= 11 is 1.71.